The molecule has 0 aliphatic rings. The second-order valence-electron chi connectivity index (χ2n) is 9.10. The van der Waals surface area contributed by atoms with Crippen molar-refractivity contribution in [3.8, 4) is 5.75 Å². The molecule has 39 heavy (non-hydrogen) atoms. The topological polar surface area (TPSA) is 115 Å². The van der Waals surface area contributed by atoms with Gasteiger partial charge in [0, 0.05) is 39.4 Å². The minimum Gasteiger partial charge on any atom is -0.494 e. The first-order valence-electron chi connectivity index (χ1n) is 12.3. The Hall–Kier alpha value is -4.64. The Kier molecular flexibility index (Phi) is 9.82. The standard InChI is InChI=1S/C28H36N8O3/c1-8-27(38)31-21-16-22(25(39-7)17-24(21)35(6)14-13-34(4)5)32-28-30-12-11-26(33-28)36(18-37)23-10-9-19(2)15-20(23)29-3/h8-12,15-18,29H,1,13-14H2,2-7H3,(H,31,38)(H,30,32,33). The number of rotatable bonds is 13. The van der Waals surface area contributed by atoms with E-state index in [2.05, 4.69) is 37.4 Å². The zero-order chi connectivity index (χ0) is 28.5. The number of aromatic nitrogens is 2. The fourth-order valence-corrected chi connectivity index (χ4v) is 3.86. The maximum absolute atomic E-state index is 12.2. The lowest BCUT2D eigenvalue weighted by Gasteiger charge is -2.26. The van der Waals surface area contributed by atoms with Crippen molar-refractivity contribution in [2.75, 3.05) is 74.1 Å². The number of amides is 2. The van der Waals surface area contributed by atoms with Gasteiger partial charge >= 0.3 is 0 Å². The van der Waals surface area contributed by atoms with Crippen LogP contribution >= 0.6 is 0 Å². The monoisotopic (exact) mass is 532 g/mol. The zero-order valence-electron chi connectivity index (χ0n) is 23.3. The van der Waals surface area contributed by atoms with E-state index in [1.165, 1.54) is 11.0 Å². The molecule has 0 aliphatic carbocycles. The average molecular weight is 533 g/mol. The third-order valence-electron chi connectivity index (χ3n) is 5.98. The molecule has 0 aliphatic heterocycles. The lowest BCUT2D eigenvalue weighted by Crippen LogP contribution is -2.29. The van der Waals surface area contributed by atoms with Crippen molar-refractivity contribution in [3.63, 3.8) is 0 Å². The number of nitrogens with one attached hydrogen (secondary N) is 3. The summed E-state index contributed by atoms with van der Waals surface area (Å²) in [5, 5.41) is 9.17. The summed E-state index contributed by atoms with van der Waals surface area (Å²) in [4.78, 5) is 38.8. The van der Waals surface area contributed by atoms with Crippen LogP contribution in [0, 0.1) is 6.92 Å². The third kappa shape index (κ3) is 7.23. The first-order chi connectivity index (χ1) is 18.7. The van der Waals surface area contributed by atoms with Crippen LogP contribution in [-0.4, -0.2) is 75.6 Å². The first-order valence-corrected chi connectivity index (χ1v) is 12.3. The molecule has 2 aromatic carbocycles. The summed E-state index contributed by atoms with van der Waals surface area (Å²) in [5.41, 5.74) is 4.36. The van der Waals surface area contributed by atoms with Crippen molar-refractivity contribution in [2.45, 2.75) is 6.92 Å². The Bertz CT molecular complexity index is 1330. The molecule has 0 radical (unpaired) electrons. The summed E-state index contributed by atoms with van der Waals surface area (Å²) in [6.07, 6.45) is 3.48. The van der Waals surface area contributed by atoms with Crippen molar-refractivity contribution < 1.29 is 14.3 Å². The quantitative estimate of drug-likeness (QED) is 0.222. The zero-order valence-corrected chi connectivity index (χ0v) is 23.3. The number of nitrogens with zero attached hydrogens (tertiary/aromatic N) is 5. The Labute approximate surface area is 229 Å². The van der Waals surface area contributed by atoms with E-state index in [4.69, 9.17) is 4.74 Å². The molecule has 2 amide bonds. The van der Waals surface area contributed by atoms with Crippen molar-refractivity contribution in [3.05, 3.63) is 60.8 Å². The Balaban J connectivity index is 2.00. The average Bonchev–Trinajstić information content (AvgIpc) is 2.93. The van der Waals surface area contributed by atoms with Gasteiger partial charge in [-0.25, -0.2) is 4.98 Å². The predicted octanol–water partition coefficient (Wildman–Crippen LogP) is 4.00. The molecule has 0 fully saturated rings. The number of ether oxygens (including phenoxy) is 1. The number of aryl methyl sites for hydroxylation is 1. The SMILES string of the molecule is C=CC(=O)Nc1cc(Nc2nccc(N(C=O)c3ccc(C)cc3NC)n2)c(OC)cc1N(C)CCN(C)C. The number of carbonyl (C=O) groups is 2. The molecule has 0 bridgehead atoms. The van der Waals surface area contributed by atoms with Crippen molar-refractivity contribution >= 4 is 52.5 Å². The number of hydrogen-bond donors (Lipinski definition) is 3. The maximum atomic E-state index is 12.2. The van der Waals surface area contributed by atoms with E-state index >= 15 is 0 Å². The highest BCUT2D eigenvalue weighted by molar-refractivity contribution is 6.02. The van der Waals surface area contributed by atoms with Crippen molar-refractivity contribution in [1.29, 1.82) is 0 Å². The normalized spacial score (nSPS) is 10.5. The maximum Gasteiger partial charge on any atom is 0.247 e. The third-order valence-corrected chi connectivity index (χ3v) is 5.98. The van der Waals surface area contributed by atoms with E-state index in [0.717, 1.165) is 30.0 Å². The molecule has 0 saturated carbocycles. The molecule has 1 heterocycles. The summed E-state index contributed by atoms with van der Waals surface area (Å²) in [6.45, 7) is 7.08. The summed E-state index contributed by atoms with van der Waals surface area (Å²) in [7, 11) is 9.30. The largest absolute Gasteiger partial charge is 0.494 e. The van der Waals surface area contributed by atoms with E-state index < -0.39 is 0 Å². The molecule has 11 nitrogen and oxygen atoms in total. The highest BCUT2D eigenvalue weighted by Crippen LogP contribution is 2.38. The van der Waals surface area contributed by atoms with Crippen molar-refractivity contribution in [2.24, 2.45) is 0 Å². The van der Waals surface area contributed by atoms with Gasteiger partial charge in [-0.05, 0) is 56.9 Å². The van der Waals surface area contributed by atoms with Gasteiger partial charge in [0.15, 0.2) is 0 Å². The van der Waals surface area contributed by atoms with E-state index in [9.17, 15) is 9.59 Å². The molecule has 3 aromatic rings. The number of hydrogen-bond acceptors (Lipinski definition) is 9. The van der Waals surface area contributed by atoms with Crippen LogP contribution in [0.15, 0.2) is 55.3 Å². The van der Waals surface area contributed by atoms with E-state index in [1.807, 2.05) is 57.2 Å². The number of carbonyl (C=O) groups excluding carboxylic acids is 2. The Morgan fingerprint density at radius 1 is 1.05 bits per heavy atom. The van der Waals surface area contributed by atoms with Crippen LogP contribution in [0.2, 0.25) is 0 Å². The van der Waals surface area contributed by atoms with Gasteiger partial charge in [0.05, 0.1) is 35.5 Å². The fraction of sp³-hybridized carbons (Fsp3) is 0.286. The molecular formula is C28H36N8O3. The van der Waals surface area contributed by atoms with Gasteiger partial charge in [-0.3, -0.25) is 14.5 Å². The molecule has 3 rings (SSSR count). The number of anilines is 7. The molecule has 0 atom stereocenters. The van der Waals surface area contributed by atoms with Crippen LogP contribution in [0.1, 0.15) is 5.56 Å². The van der Waals surface area contributed by atoms with Crippen molar-refractivity contribution in [1.82, 2.24) is 14.9 Å². The second-order valence-corrected chi connectivity index (χ2v) is 9.10. The molecule has 11 heteroatoms. The summed E-state index contributed by atoms with van der Waals surface area (Å²) in [6, 6.07) is 11.0. The molecule has 0 spiro atoms. The lowest BCUT2D eigenvalue weighted by atomic mass is 10.1. The number of methoxy groups -OCH3 is 1. The molecular weight excluding hydrogens is 496 g/mol. The predicted molar refractivity (Wildman–Crippen MR) is 158 cm³/mol. The fourth-order valence-electron chi connectivity index (χ4n) is 3.86. The summed E-state index contributed by atoms with van der Waals surface area (Å²) in [5.74, 6) is 0.801. The second kappa shape index (κ2) is 13.2. The minimum absolute atomic E-state index is 0.241. The molecule has 1 aromatic heterocycles. The van der Waals surface area contributed by atoms with E-state index in [-0.39, 0.29) is 11.9 Å². The van der Waals surface area contributed by atoms with Crippen LogP contribution < -0.4 is 30.5 Å². The highest BCUT2D eigenvalue weighted by atomic mass is 16.5. The summed E-state index contributed by atoms with van der Waals surface area (Å²) < 4.78 is 5.67. The van der Waals surface area contributed by atoms with Crippen LogP contribution in [0.3, 0.4) is 0 Å². The molecule has 3 N–H and O–H groups in total. The summed E-state index contributed by atoms with van der Waals surface area (Å²) >= 11 is 0. The van der Waals surface area contributed by atoms with Gasteiger partial charge in [-0.2, -0.15) is 4.98 Å². The van der Waals surface area contributed by atoms with Gasteiger partial charge in [-0.15, -0.1) is 0 Å². The van der Waals surface area contributed by atoms with Gasteiger partial charge in [0.2, 0.25) is 18.3 Å². The lowest BCUT2D eigenvalue weighted by molar-refractivity contribution is -0.112. The Morgan fingerprint density at radius 3 is 2.46 bits per heavy atom. The van der Waals surface area contributed by atoms with Gasteiger partial charge in [0.1, 0.15) is 11.6 Å². The molecule has 0 saturated heterocycles. The number of likely N-dealkylation sites (N-methyl/N-ethyl adjacent to an activating group) is 2. The highest BCUT2D eigenvalue weighted by Gasteiger charge is 2.18. The van der Waals surface area contributed by atoms with Crippen LogP contribution in [-0.2, 0) is 9.59 Å². The molecule has 206 valence electrons. The van der Waals surface area contributed by atoms with Crippen LogP contribution in [0.4, 0.5) is 40.2 Å². The molecule has 0 unspecified atom stereocenters. The van der Waals surface area contributed by atoms with E-state index in [0.29, 0.717) is 35.0 Å². The van der Waals surface area contributed by atoms with Crippen LogP contribution in [0.5, 0.6) is 5.75 Å². The van der Waals surface area contributed by atoms with Gasteiger partial charge in [0.25, 0.3) is 0 Å². The van der Waals surface area contributed by atoms with Gasteiger partial charge in [-0.1, -0.05) is 12.6 Å². The first kappa shape index (κ1) is 28.9. The van der Waals surface area contributed by atoms with Gasteiger partial charge < -0.3 is 30.5 Å². The smallest absolute Gasteiger partial charge is 0.247 e. The minimum atomic E-state index is -0.341. The Morgan fingerprint density at radius 2 is 1.82 bits per heavy atom. The number of benzene rings is 2. The van der Waals surface area contributed by atoms with E-state index in [1.54, 1.807) is 32.5 Å². The van der Waals surface area contributed by atoms with Crippen LogP contribution in [0.25, 0.3) is 0 Å².